The highest BCUT2D eigenvalue weighted by molar-refractivity contribution is 5.94. The first kappa shape index (κ1) is 16.7. The van der Waals surface area contributed by atoms with Crippen LogP contribution in [0.3, 0.4) is 0 Å². The van der Waals surface area contributed by atoms with Gasteiger partial charge in [-0.1, -0.05) is 17.9 Å². The van der Waals surface area contributed by atoms with Crippen LogP contribution in [-0.4, -0.2) is 31.6 Å². The summed E-state index contributed by atoms with van der Waals surface area (Å²) in [7, 11) is 0. The Morgan fingerprint density at radius 2 is 2.19 bits per heavy atom. The minimum absolute atomic E-state index is 0.185. The Kier molecular flexibility index (Phi) is 7.62. The molecular weight excluding hydrogens is 268 g/mol. The van der Waals surface area contributed by atoms with Gasteiger partial charge in [0, 0.05) is 24.1 Å². The Morgan fingerprint density at radius 3 is 2.90 bits per heavy atom. The van der Waals surface area contributed by atoms with Crippen LogP contribution in [-0.2, 0) is 9.53 Å². The first-order chi connectivity index (χ1) is 10.2. The summed E-state index contributed by atoms with van der Waals surface area (Å²) >= 11 is 0. The molecule has 0 aromatic heterocycles. The second-order valence-electron chi connectivity index (χ2n) is 4.25. The van der Waals surface area contributed by atoms with Gasteiger partial charge in [0.2, 0.25) is 0 Å². The summed E-state index contributed by atoms with van der Waals surface area (Å²) in [6.07, 6.45) is 0.855. The standard InChI is InChI=1S/C16H20N2O3/c1-2-21-15(19)9-5-11-18-16(20)14-8-3-6-13(12-14)7-4-10-17/h3,6,8,12H,2,5,9-11,17H2,1H3,(H,18,20). The number of ether oxygens (including phenoxy) is 1. The van der Waals surface area contributed by atoms with Crippen molar-refractivity contribution in [2.45, 2.75) is 19.8 Å². The van der Waals surface area contributed by atoms with Gasteiger partial charge in [-0.15, -0.1) is 0 Å². The first-order valence-corrected chi connectivity index (χ1v) is 6.90. The fourth-order valence-electron chi connectivity index (χ4n) is 1.66. The number of amides is 1. The molecule has 0 aliphatic rings. The molecule has 1 aromatic carbocycles. The van der Waals surface area contributed by atoms with Crippen LogP contribution < -0.4 is 11.1 Å². The van der Waals surface area contributed by atoms with Gasteiger partial charge in [0.25, 0.3) is 5.91 Å². The first-order valence-electron chi connectivity index (χ1n) is 6.90. The van der Waals surface area contributed by atoms with Crippen molar-refractivity contribution < 1.29 is 14.3 Å². The van der Waals surface area contributed by atoms with E-state index in [1.807, 2.05) is 6.07 Å². The van der Waals surface area contributed by atoms with Crippen molar-refractivity contribution in [2.24, 2.45) is 5.73 Å². The van der Waals surface area contributed by atoms with Crippen molar-refractivity contribution in [1.82, 2.24) is 5.32 Å². The Morgan fingerprint density at radius 1 is 1.38 bits per heavy atom. The zero-order valence-corrected chi connectivity index (χ0v) is 12.1. The van der Waals surface area contributed by atoms with Crippen molar-refractivity contribution in [1.29, 1.82) is 0 Å². The summed E-state index contributed by atoms with van der Waals surface area (Å²) in [4.78, 5) is 23.1. The SMILES string of the molecule is CCOC(=O)CCCNC(=O)c1cccc(C#CCN)c1. The van der Waals surface area contributed by atoms with Gasteiger partial charge in [0.15, 0.2) is 0 Å². The van der Waals surface area contributed by atoms with Gasteiger partial charge in [-0.3, -0.25) is 9.59 Å². The number of hydrogen-bond acceptors (Lipinski definition) is 4. The highest BCUT2D eigenvalue weighted by Gasteiger charge is 2.06. The Hall–Kier alpha value is -2.32. The monoisotopic (exact) mass is 288 g/mol. The Bertz CT molecular complexity index is 544. The van der Waals surface area contributed by atoms with E-state index in [0.29, 0.717) is 31.6 Å². The highest BCUT2D eigenvalue weighted by Crippen LogP contribution is 2.04. The van der Waals surface area contributed by atoms with Gasteiger partial charge in [-0.25, -0.2) is 0 Å². The summed E-state index contributed by atoms with van der Waals surface area (Å²) < 4.78 is 4.81. The smallest absolute Gasteiger partial charge is 0.305 e. The van der Waals surface area contributed by atoms with Gasteiger partial charge >= 0.3 is 5.97 Å². The molecule has 5 nitrogen and oxygen atoms in total. The lowest BCUT2D eigenvalue weighted by Gasteiger charge is -2.05. The predicted octanol–water partition coefficient (Wildman–Crippen LogP) is 1.07. The molecule has 0 unspecified atom stereocenters. The van der Waals surface area contributed by atoms with E-state index in [2.05, 4.69) is 17.2 Å². The molecule has 0 spiro atoms. The normalized spacial score (nSPS) is 9.43. The van der Waals surface area contributed by atoms with E-state index in [9.17, 15) is 9.59 Å². The highest BCUT2D eigenvalue weighted by atomic mass is 16.5. The molecule has 112 valence electrons. The molecule has 3 N–H and O–H groups in total. The van der Waals surface area contributed by atoms with Crippen LogP contribution >= 0.6 is 0 Å². The molecule has 0 radical (unpaired) electrons. The van der Waals surface area contributed by atoms with Crippen molar-refractivity contribution >= 4 is 11.9 Å². The minimum atomic E-state index is -0.245. The van der Waals surface area contributed by atoms with Gasteiger partial charge in [-0.2, -0.15) is 0 Å². The molecular formula is C16H20N2O3. The second-order valence-corrected chi connectivity index (χ2v) is 4.25. The minimum Gasteiger partial charge on any atom is -0.466 e. The number of carbonyl (C=O) groups is 2. The lowest BCUT2D eigenvalue weighted by atomic mass is 10.1. The lowest BCUT2D eigenvalue weighted by Crippen LogP contribution is -2.25. The fraction of sp³-hybridized carbons (Fsp3) is 0.375. The van der Waals surface area contributed by atoms with Gasteiger partial charge in [0.1, 0.15) is 0 Å². The number of rotatable bonds is 6. The van der Waals surface area contributed by atoms with Gasteiger partial charge in [-0.05, 0) is 31.5 Å². The lowest BCUT2D eigenvalue weighted by molar-refractivity contribution is -0.143. The predicted molar refractivity (Wildman–Crippen MR) is 80.6 cm³/mol. The maximum atomic E-state index is 11.9. The molecule has 1 aromatic rings. The van der Waals surface area contributed by atoms with E-state index in [-0.39, 0.29) is 18.4 Å². The van der Waals surface area contributed by atoms with Crippen LogP contribution in [0.15, 0.2) is 24.3 Å². The number of esters is 1. The molecule has 1 rings (SSSR count). The molecule has 21 heavy (non-hydrogen) atoms. The maximum Gasteiger partial charge on any atom is 0.305 e. The molecule has 0 bridgehead atoms. The molecule has 0 heterocycles. The molecule has 0 aliphatic heterocycles. The molecule has 0 aliphatic carbocycles. The third-order valence-corrected chi connectivity index (χ3v) is 2.61. The van der Waals surface area contributed by atoms with Crippen LogP contribution in [0.25, 0.3) is 0 Å². The average Bonchev–Trinajstić information content (AvgIpc) is 2.50. The fourth-order valence-corrected chi connectivity index (χ4v) is 1.66. The number of benzene rings is 1. The van der Waals surface area contributed by atoms with E-state index in [0.717, 1.165) is 5.56 Å². The van der Waals surface area contributed by atoms with Crippen molar-refractivity contribution in [3.05, 3.63) is 35.4 Å². The molecule has 0 saturated carbocycles. The third-order valence-electron chi connectivity index (χ3n) is 2.61. The van der Waals surface area contributed by atoms with Crippen molar-refractivity contribution in [3.63, 3.8) is 0 Å². The van der Waals surface area contributed by atoms with Crippen LogP contribution in [0.5, 0.6) is 0 Å². The second kappa shape index (κ2) is 9.56. The van der Waals surface area contributed by atoms with E-state index in [1.165, 1.54) is 0 Å². The summed E-state index contributed by atoms with van der Waals surface area (Å²) in [5.41, 5.74) is 6.60. The third kappa shape index (κ3) is 6.59. The van der Waals surface area contributed by atoms with E-state index in [1.54, 1.807) is 25.1 Å². The molecule has 5 heteroatoms. The number of carbonyl (C=O) groups excluding carboxylic acids is 2. The van der Waals surface area contributed by atoms with Crippen LogP contribution in [0, 0.1) is 11.8 Å². The summed E-state index contributed by atoms with van der Waals surface area (Å²) in [5.74, 6) is 5.19. The zero-order chi connectivity index (χ0) is 15.5. The van der Waals surface area contributed by atoms with Crippen molar-refractivity contribution in [2.75, 3.05) is 19.7 Å². The molecule has 0 fully saturated rings. The molecule has 1 amide bonds. The van der Waals surface area contributed by atoms with E-state index < -0.39 is 0 Å². The van der Waals surface area contributed by atoms with Gasteiger partial charge < -0.3 is 15.8 Å². The van der Waals surface area contributed by atoms with E-state index >= 15 is 0 Å². The summed E-state index contributed by atoms with van der Waals surface area (Å²) in [5, 5.41) is 2.76. The average molecular weight is 288 g/mol. The largest absolute Gasteiger partial charge is 0.466 e. The van der Waals surface area contributed by atoms with Crippen LogP contribution in [0.2, 0.25) is 0 Å². The number of nitrogens with two attached hydrogens (primary N) is 1. The maximum absolute atomic E-state index is 11.9. The summed E-state index contributed by atoms with van der Waals surface area (Å²) in [6.45, 7) is 2.85. The van der Waals surface area contributed by atoms with Gasteiger partial charge in [0.05, 0.1) is 13.2 Å². The molecule has 0 atom stereocenters. The number of hydrogen-bond donors (Lipinski definition) is 2. The van der Waals surface area contributed by atoms with E-state index in [4.69, 9.17) is 10.5 Å². The zero-order valence-electron chi connectivity index (χ0n) is 12.1. The number of nitrogens with one attached hydrogen (secondary N) is 1. The Balaban J connectivity index is 2.43. The quantitative estimate of drug-likeness (QED) is 0.466. The van der Waals surface area contributed by atoms with Crippen molar-refractivity contribution in [3.8, 4) is 11.8 Å². The summed E-state index contributed by atoms with van der Waals surface area (Å²) in [6, 6.07) is 7.02. The Labute approximate surface area is 124 Å². The molecule has 0 saturated heterocycles. The van der Waals surface area contributed by atoms with Crippen LogP contribution in [0.4, 0.5) is 0 Å². The van der Waals surface area contributed by atoms with Crippen LogP contribution in [0.1, 0.15) is 35.7 Å². The topological polar surface area (TPSA) is 81.4 Å².